The van der Waals surface area contributed by atoms with Crippen molar-refractivity contribution in [3.8, 4) is 0 Å². The quantitative estimate of drug-likeness (QED) is 0.285. The molecule has 0 aliphatic heterocycles. The van der Waals surface area contributed by atoms with E-state index in [1.165, 1.54) is 0 Å². The topological polar surface area (TPSA) is 145 Å². The van der Waals surface area contributed by atoms with Gasteiger partial charge in [-0.1, -0.05) is 23.2 Å². The van der Waals surface area contributed by atoms with Gasteiger partial charge in [-0.2, -0.15) is 0 Å². The molecule has 2 aromatic rings. The van der Waals surface area contributed by atoms with E-state index in [-0.39, 0.29) is 22.5 Å². The number of rotatable bonds is 11. The van der Waals surface area contributed by atoms with Crippen molar-refractivity contribution in [3.05, 3.63) is 40.1 Å². The standard InChI is InChI=1S/C18H25Cl2N7O2S/c1-27(10-3-2-8-24-30(29)13-6-4-12(19)5-7-13)11-9-23-18(28)14-16(21)26-17(22)15(20)25-14/h4-7,24H,2-3,8-11H2,1H3,(H,23,28)(H4,21,22,26). The number of nitrogens with one attached hydrogen (secondary N) is 2. The third-order valence-corrected chi connectivity index (χ3v) is 5.82. The molecule has 0 aliphatic carbocycles. The minimum absolute atomic E-state index is 0.0167. The molecule has 1 atom stereocenters. The summed E-state index contributed by atoms with van der Waals surface area (Å²) < 4.78 is 15.1. The highest BCUT2D eigenvalue weighted by molar-refractivity contribution is 7.89. The van der Waals surface area contributed by atoms with E-state index < -0.39 is 17.3 Å². The lowest BCUT2D eigenvalue weighted by atomic mass is 10.3. The van der Waals surface area contributed by atoms with E-state index in [0.29, 0.717) is 29.6 Å². The normalized spacial score (nSPS) is 12.2. The van der Waals surface area contributed by atoms with Crippen molar-refractivity contribution in [2.75, 3.05) is 44.7 Å². The van der Waals surface area contributed by atoms with Crippen LogP contribution in [0.2, 0.25) is 10.2 Å². The minimum atomic E-state index is -1.25. The number of aromatic nitrogens is 2. The first kappa shape index (κ1) is 24.4. The summed E-state index contributed by atoms with van der Waals surface area (Å²) in [5.41, 5.74) is 11.1. The summed E-state index contributed by atoms with van der Waals surface area (Å²) in [6, 6.07) is 6.91. The van der Waals surface area contributed by atoms with Crippen molar-refractivity contribution in [1.82, 2.24) is 24.9 Å². The molecule has 164 valence electrons. The van der Waals surface area contributed by atoms with Crippen molar-refractivity contribution >= 4 is 52.1 Å². The zero-order valence-corrected chi connectivity index (χ0v) is 18.9. The summed E-state index contributed by atoms with van der Waals surface area (Å²) in [5, 5.41) is 3.29. The summed E-state index contributed by atoms with van der Waals surface area (Å²) >= 11 is 10.4. The third kappa shape index (κ3) is 7.78. The van der Waals surface area contributed by atoms with Crippen LogP contribution < -0.4 is 21.5 Å². The van der Waals surface area contributed by atoms with E-state index in [4.69, 9.17) is 34.7 Å². The fraction of sp³-hybridized carbons (Fsp3) is 0.389. The Morgan fingerprint density at radius 2 is 1.80 bits per heavy atom. The van der Waals surface area contributed by atoms with Gasteiger partial charge in [-0.15, -0.1) is 4.72 Å². The van der Waals surface area contributed by atoms with Crippen LogP contribution in [0.4, 0.5) is 11.6 Å². The number of carbonyl (C=O) groups excluding carboxylic acids is 1. The predicted octanol–water partition coefficient (Wildman–Crippen LogP) is 1.70. The number of hydrogen-bond acceptors (Lipinski definition) is 8. The molecule has 0 bridgehead atoms. The number of hydrogen-bond donors (Lipinski definition) is 4. The predicted molar refractivity (Wildman–Crippen MR) is 121 cm³/mol. The molecule has 1 unspecified atom stereocenters. The van der Waals surface area contributed by atoms with E-state index >= 15 is 0 Å². The largest absolute Gasteiger partial charge is 0.593 e. The second-order valence-electron chi connectivity index (χ2n) is 6.52. The van der Waals surface area contributed by atoms with Gasteiger partial charge in [0.1, 0.15) is 0 Å². The van der Waals surface area contributed by atoms with Crippen LogP contribution in [-0.4, -0.2) is 58.6 Å². The van der Waals surface area contributed by atoms with Crippen molar-refractivity contribution < 1.29 is 9.35 Å². The first-order valence-corrected chi connectivity index (χ1v) is 11.1. The van der Waals surface area contributed by atoms with Gasteiger partial charge in [0, 0.05) is 24.7 Å². The Kier molecular flexibility index (Phi) is 9.89. The van der Waals surface area contributed by atoms with Crippen molar-refractivity contribution in [2.45, 2.75) is 17.7 Å². The summed E-state index contributed by atoms with van der Waals surface area (Å²) in [4.78, 5) is 22.6. The van der Waals surface area contributed by atoms with Gasteiger partial charge in [-0.05, 0) is 50.7 Å². The molecule has 2 rings (SSSR count). The van der Waals surface area contributed by atoms with E-state index in [9.17, 15) is 9.35 Å². The van der Waals surface area contributed by atoms with E-state index in [2.05, 4.69) is 24.9 Å². The molecule has 0 spiro atoms. The number of amides is 1. The Hall–Kier alpha value is -1.82. The Labute approximate surface area is 188 Å². The van der Waals surface area contributed by atoms with Crippen LogP contribution in [0.1, 0.15) is 23.3 Å². The maximum Gasteiger partial charge on any atom is 0.273 e. The number of nitrogen functional groups attached to an aromatic ring is 2. The number of likely N-dealkylation sites (N-methyl/N-ethyl adjacent to an activating group) is 1. The van der Waals surface area contributed by atoms with Crippen LogP contribution >= 0.6 is 23.2 Å². The molecule has 12 heteroatoms. The number of anilines is 2. The van der Waals surface area contributed by atoms with Crippen LogP contribution in [0.5, 0.6) is 0 Å². The molecule has 1 amide bonds. The van der Waals surface area contributed by atoms with Gasteiger partial charge < -0.3 is 26.2 Å². The fourth-order valence-electron chi connectivity index (χ4n) is 2.48. The Morgan fingerprint density at radius 1 is 1.10 bits per heavy atom. The number of nitrogens with zero attached hydrogens (tertiary/aromatic N) is 3. The number of unbranched alkanes of at least 4 members (excludes halogenated alkanes) is 1. The van der Waals surface area contributed by atoms with Gasteiger partial charge in [0.2, 0.25) is 0 Å². The van der Waals surface area contributed by atoms with E-state index in [1.54, 1.807) is 24.3 Å². The van der Waals surface area contributed by atoms with E-state index in [0.717, 1.165) is 19.4 Å². The van der Waals surface area contributed by atoms with Crippen molar-refractivity contribution in [3.63, 3.8) is 0 Å². The molecule has 1 heterocycles. The molecule has 9 nitrogen and oxygen atoms in total. The second kappa shape index (κ2) is 12.1. The first-order valence-electron chi connectivity index (χ1n) is 9.24. The molecule has 6 N–H and O–H groups in total. The van der Waals surface area contributed by atoms with Gasteiger partial charge in [0.15, 0.2) is 27.4 Å². The summed E-state index contributed by atoms with van der Waals surface area (Å²) in [5.74, 6) is -0.535. The molecular weight excluding hydrogens is 449 g/mol. The lowest BCUT2D eigenvalue weighted by Gasteiger charge is -2.17. The minimum Gasteiger partial charge on any atom is -0.593 e. The summed E-state index contributed by atoms with van der Waals surface area (Å²) in [7, 11) is 1.96. The average Bonchev–Trinajstić information content (AvgIpc) is 2.70. The highest BCUT2D eigenvalue weighted by Crippen LogP contribution is 2.17. The van der Waals surface area contributed by atoms with Gasteiger partial charge in [0.25, 0.3) is 5.91 Å². The fourth-order valence-corrected chi connectivity index (χ4v) is 3.61. The van der Waals surface area contributed by atoms with Crippen LogP contribution in [-0.2, 0) is 11.4 Å². The smallest absolute Gasteiger partial charge is 0.273 e. The van der Waals surface area contributed by atoms with E-state index in [1.807, 2.05) is 7.05 Å². The maximum absolute atomic E-state index is 12.2. The Bertz CT molecular complexity index is 842. The lowest BCUT2D eigenvalue weighted by molar-refractivity contribution is 0.0945. The zero-order chi connectivity index (χ0) is 22.1. The van der Waals surface area contributed by atoms with Gasteiger partial charge >= 0.3 is 0 Å². The highest BCUT2D eigenvalue weighted by atomic mass is 35.5. The molecule has 0 radical (unpaired) electrons. The third-order valence-electron chi connectivity index (χ3n) is 4.13. The average molecular weight is 474 g/mol. The molecule has 0 saturated carbocycles. The lowest BCUT2D eigenvalue weighted by Crippen LogP contribution is -2.34. The Morgan fingerprint density at radius 3 is 2.50 bits per heavy atom. The second-order valence-corrected chi connectivity index (χ2v) is 8.61. The molecule has 0 aliphatic rings. The monoisotopic (exact) mass is 473 g/mol. The molecular formula is C18H25Cl2N7O2S. The van der Waals surface area contributed by atoms with Crippen LogP contribution in [0.3, 0.4) is 0 Å². The van der Waals surface area contributed by atoms with Crippen LogP contribution in [0.25, 0.3) is 0 Å². The molecule has 0 saturated heterocycles. The molecule has 1 aromatic carbocycles. The molecule has 30 heavy (non-hydrogen) atoms. The highest BCUT2D eigenvalue weighted by Gasteiger charge is 2.15. The van der Waals surface area contributed by atoms with Gasteiger partial charge in [-0.25, -0.2) is 9.97 Å². The molecule has 0 fully saturated rings. The number of carbonyl (C=O) groups is 1. The maximum atomic E-state index is 12.2. The van der Waals surface area contributed by atoms with Gasteiger partial charge in [0.05, 0.1) is 11.4 Å². The number of benzene rings is 1. The first-order chi connectivity index (χ1) is 14.3. The summed E-state index contributed by atoms with van der Waals surface area (Å²) in [6.07, 6.45) is 1.79. The van der Waals surface area contributed by atoms with Crippen molar-refractivity contribution in [1.29, 1.82) is 0 Å². The Balaban J connectivity index is 1.60. The number of nitrogens with two attached hydrogens (primary N) is 2. The van der Waals surface area contributed by atoms with Crippen LogP contribution in [0, 0.1) is 0 Å². The van der Waals surface area contributed by atoms with Crippen molar-refractivity contribution in [2.24, 2.45) is 0 Å². The van der Waals surface area contributed by atoms with Gasteiger partial charge in [-0.3, -0.25) is 4.79 Å². The molecule has 1 aromatic heterocycles. The number of halogens is 2. The van der Waals surface area contributed by atoms with Crippen LogP contribution in [0.15, 0.2) is 29.2 Å². The summed E-state index contributed by atoms with van der Waals surface area (Å²) in [6.45, 7) is 2.53. The zero-order valence-electron chi connectivity index (χ0n) is 16.5. The SMILES string of the molecule is CN(CCCCN[S+]([O-])c1ccc(Cl)cc1)CCNC(=O)c1nc(Cl)c(N)nc1N.